The zero-order valence-corrected chi connectivity index (χ0v) is 22.6. The lowest BCUT2D eigenvalue weighted by Crippen LogP contribution is -2.21. The first-order chi connectivity index (χ1) is 19.9. The molecule has 210 valence electrons. The molecule has 10 heteroatoms. The standard InChI is InChI=1S/C31H26FNO7S/c32-23-5-1-21(2-6-23)31-30(26-10-7-24(34)18-27(26)41-31)40-25-8-3-20(4-9-25)22-11-12-33(28(35)17-22)13-14-38-15-16-39-19-29(36)37/h1-12,17-18,34H,13-16,19H2,(H,36,37). The summed E-state index contributed by atoms with van der Waals surface area (Å²) < 4.78 is 32.6. The first kappa shape index (κ1) is 28.0. The Hall–Kier alpha value is -4.51. The number of hydrogen-bond acceptors (Lipinski definition) is 7. The predicted molar refractivity (Wildman–Crippen MR) is 154 cm³/mol. The van der Waals surface area contributed by atoms with Crippen LogP contribution in [0, 0.1) is 5.82 Å². The van der Waals surface area contributed by atoms with Crippen molar-refractivity contribution < 1.29 is 33.6 Å². The maximum absolute atomic E-state index is 13.6. The molecule has 0 fully saturated rings. The van der Waals surface area contributed by atoms with Crippen LogP contribution in [0.1, 0.15) is 0 Å². The molecule has 0 aliphatic rings. The highest BCUT2D eigenvalue weighted by Crippen LogP contribution is 2.47. The lowest BCUT2D eigenvalue weighted by molar-refractivity contribution is -0.142. The zero-order valence-electron chi connectivity index (χ0n) is 21.8. The Bertz CT molecular complexity index is 1710. The summed E-state index contributed by atoms with van der Waals surface area (Å²) in [5.74, 6) is -0.0119. The van der Waals surface area contributed by atoms with Crippen molar-refractivity contribution >= 4 is 27.4 Å². The third-order valence-electron chi connectivity index (χ3n) is 6.21. The van der Waals surface area contributed by atoms with Gasteiger partial charge in [0, 0.05) is 28.9 Å². The van der Waals surface area contributed by atoms with Crippen molar-refractivity contribution in [3.63, 3.8) is 0 Å². The number of phenolic OH excluding ortho intramolecular Hbond substituents is 1. The van der Waals surface area contributed by atoms with Gasteiger partial charge in [-0.1, -0.05) is 24.3 Å². The molecule has 0 unspecified atom stereocenters. The third kappa shape index (κ3) is 6.98. The van der Waals surface area contributed by atoms with Crippen LogP contribution in [0.15, 0.2) is 89.9 Å². The number of halogens is 1. The molecule has 0 saturated carbocycles. The Morgan fingerprint density at radius 1 is 0.854 bits per heavy atom. The number of benzene rings is 3. The lowest BCUT2D eigenvalue weighted by Gasteiger charge is -2.10. The molecule has 2 aromatic heterocycles. The zero-order chi connectivity index (χ0) is 28.8. The van der Waals surface area contributed by atoms with Crippen LogP contribution >= 0.6 is 11.3 Å². The van der Waals surface area contributed by atoms with Crippen LogP contribution in [0.2, 0.25) is 0 Å². The second-order valence-electron chi connectivity index (χ2n) is 9.08. The number of thiophene rings is 1. The minimum Gasteiger partial charge on any atom is -0.508 e. The van der Waals surface area contributed by atoms with Crippen molar-refractivity contribution in [1.82, 2.24) is 4.57 Å². The molecule has 5 aromatic rings. The van der Waals surface area contributed by atoms with Gasteiger partial charge >= 0.3 is 5.97 Å². The number of aromatic hydroxyl groups is 1. The van der Waals surface area contributed by atoms with Crippen LogP contribution in [0.5, 0.6) is 17.2 Å². The van der Waals surface area contributed by atoms with Gasteiger partial charge in [0.2, 0.25) is 0 Å². The van der Waals surface area contributed by atoms with Crippen molar-refractivity contribution in [2.24, 2.45) is 0 Å². The van der Waals surface area contributed by atoms with Crippen LogP contribution in [-0.2, 0) is 20.8 Å². The molecular formula is C31H26FNO7S. The molecule has 3 aromatic carbocycles. The number of pyridine rings is 1. The van der Waals surface area contributed by atoms with E-state index in [-0.39, 0.29) is 36.9 Å². The maximum Gasteiger partial charge on any atom is 0.329 e. The van der Waals surface area contributed by atoms with Gasteiger partial charge in [0.05, 0.1) is 24.7 Å². The number of fused-ring (bicyclic) bond motifs is 1. The van der Waals surface area contributed by atoms with Crippen LogP contribution in [-0.4, -0.2) is 47.2 Å². The Labute approximate surface area is 238 Å². The topological polar surface area (TPSA) is 107 Å². The number of aromatic nitrogens is 1. The molecule has 8 nitrogen and oxygen atoms in total. The van der Waals surface area contributed by atoms with Crippen LogP contribution in [0.25, 0.3) is 31.7 Å². The van der Waals surface area contributed by atoms with Gasteiger partial charge in [0.25, 0.3) is 5.56 Å². The van der Waals surface area contributed by atoms with E-state index in [0.717, 1.165) is 31.7 Å². The van der Waals surface area contributed by atoms with E-state index in [4.69, 9.17) is 19.3 Å². The summed E-state index contributed by atoms with van der Waals surface area (Å²) in [4.78, 5) is 23.9. The first-order valence-electron chi connectivity index (χ1n) is 12.7. The number of hydrogen-bond donors (Lipinski definition) is 2. The van der Waals surface area contributed by atoms with Crippen molar-refractivity contribution in [1.29, 1.82) is 0 Å². The van der Waals surface area contributed by atoms with Gasteiger partial charge in [-0.3, -0.25) is 4.79 Å². The second kappa shape index (κ2) is 12.8. The number of ether oxygens (including phenoxy) is 3. The molecule has 0 bridgehead atoms. The summed E-state index contributed by atoms with van der Waals surface area (Å²) in [5, 5.41) is 19.3. The molecular weight excluding hydrogens is 549 g/mol. The number of rotatable bonds is 12. The Kier molecular flexibility index (Phi) is 8.73. The number of nitrogens with zero attached hydrogens (tertiary/aromatic N) is 1. The number of carbonyl (C=O) groups is 1. The SMILES string of the molecule is O=C(O)COCCOCCn1ccc(-c2ccc(Oc3c(-c4ccc(F)cc4)sc4cc(O)ccc34)cc2)cc1=O. The second-order valence-corrected chi connectivity index (χ2v) is 10.1. The van der Waals surface area contributed by atoms with E-state index in [0.29, 0.717) is 24.7 Å². The average Bonchev–Trinajstić information content (AvgIpc) is 3.30. The molecule has 0 radical (unpaired) electrons. The van der Waals surface area contributed by atoms with Gasteiger partial charge < -0.3 is 29.0 Å². The van der Waals surface area contributed by atoms with Crippen LogP contribution < -0.4 is 10.3 Å². The van der Waals surface area contributed by atoms with Gasteiger partial charge in [0.1, 0.15) is 23.9 Å². The van der Waals surface area contributed by atoms with Gasteiger partial charge in [0.15, 0.2) is 5.75 Å². The fourth-order valence-electron chi connectivity index (χ4n) is 4.20. The largest absolute Gasteiger partial charge is 0.508 e. The van der Waals surface area contributed by atoms with Crippen LogP contribution in [0.3, 0.4) is 0 Å². The first-order valence-corrected chi connectivity index (χ1v) is 13.6. The highest BCUT2D eigenvalue weighted by atomic mass is 32.1. The van der Waals surface area contributed by atoms with E-state index in [9.17, 15) is 19.1 Å². The maximum atomic E-state index is 13.6. The van der Waals surface area contributed by atoms with Crippen LogP contribution in [0.4, 0.5) is 4.39 Å². The Morgan fingerprint density at radius 2 is 1.59 bits per heavy atom. The molecule has 5 rings (SSSR count). The van der Waals surface area contributed by atoms with Crippen molar-refractivity contribution in [2.45, 2.75) is 6.54 Å². The van der Waals surface area contributed by atoms with E-state index < -0.39 is 5.97 Å². The minimum atomic E-state index is -1.03. The van der Waals surface area contributed by atoms with Gasteiger partial charge in [-0.05, 0) is 65.2 Å². The molecule has 0 amide bonds. The molecule has 0 spiro atoms. The van der Waals surface area contributed by atoms with E-state index in [1.54, 1.807) is 42.6 Å². The molecule has 41 heavy (non-hydrogen) atoms. The summed E-state index contributed by atoms with van der Waals surface area (Å²) in [6, 6.07) is 22.0. The molecule has 2 heterocycles. The summed E-state index contributed by atoms with van der Waals surface area (Å²) in [5.41, 5.74) is 2.22. The molecule has 0 aliphatic carbocycles. The van der Waals surface area contributed by atoms with E-state index >= 15 is 0 Å². The molecule has 2 N–H and O–H groups in total. The lowest BCUT2D eigenvalue weighted by atomic mass is 10.1. The average molecular weight is 576 g/mol. The van der Waals surface area contributed by atoms with Gasteiger partial charge in [-0.15, -0.1) is 11.3 Å². The van der Waals surface area contributed by atoms with Crippen molar-refractivity contribution in [3.8, 4) is 38.8 Å². The number of carboxylic acids is 1. The Morgan fingerprint density at radius 3 is 2.32 bits per heavy atom. The predicted octanol–water partition coefficient (Wildman–Crippen LogP) is 6.15. The number of carboxylic acid groups (broad SMARTS) is 1. The molecule has 0 aliphatic heterocycles. The van der Waals surface area contributed by atoms with Crippen molar-refractivity contribution in [3.05, 3.63) is 101 Å². The third-order valence-corrected chi connectivity index (χ3v) is 7.40. The Balaban J connectivity index is 1.28. The number of aliphatic carboxylic acids is 1. The fourth-order valence-corrected chi connectivity index (χ4v) is 5.37. The summed E-state index contributed by atoms with van der Waals surface area (Å²) in [6.45, 7) is 0.681. The monoisotopic (exact) mass is 575 g/mol. The van der Waals surface area contributed by atoms with E-state index in [1.165, 1.54) is 28.0 Å². The summed E-state index contributed by atoms with van der Waals surface area (Å²) in [6.07, 6.45) is 1.70. The summed E-state index contributed by atoms with van der Waals surface area (Å²) >= 11 is 1.45. The minimum absolute atomic E-state index is 0.150. The highest BCUT2D eigenvalue weighted by Gasteiger charge is 2.17. The fraction of sp³-hybridized carbons (Fsp3) is 0.161. The molecule has 0 saturated heterocycles. The number of phenols is 1. The van der Waals surface area contributed by atoms with E-state index in [1.807, 2.05) is 30.3 Å². The van der Waals surface area contributed by atoms with E-state index in [2.05, 4.69) is 0 Å². The van der Waals surface area contributed by atoms with Crippen molar-refractivity contribution in [2.75, 3.05) is 26.4 Å². The smallest absolute Gasteiger partial charge is 0.329 e. The normalized spacial score (nSPS) is 11.1. The summed E-state index contributed by atoms with van der Waals surface area (Å²) in [7, 11) is 0. The highest BCUT2D eigenvalue weighted by molar-refractivity contribution is 7.22. The van der Waals surface area contributed by atoms with Gasteiger partial charge in [-0.25, -0.2) is 9.18 Å². The van der Waals surface area contributed by atoms with Gasteiger partial charge in [-0.2, -0.15) is 0 Å². The molecule has 0 atom stereocenters. The quantitative estimate of drug-likeness (QED) is 0.172.